The molecule has 0 heterocycles. The predicted molar refractivity (Wildman–Crippen MR) is 59.1 cm³/mol. The quantitative estimate of drug-likeness (QED) is 0.661. The second-order valence-corrected chi connectivity index (χ2v) is 4.16. The summed E-state index contributed by atoms with van der Waals surface area (Å²) < 4.78 is 0. The van der Waals surface area contributed by atoms with Crippen LogP contribution in [0.2, 0.25) is 0 Å². The first-order valence-electron chi connectivity index (χ1n) is 4.35. The first kappa shape index (κ1) is 10.4. The van der Waals surface area contributed by atoms with Crippen LogP contribution in [-0.2, 0) is 11.2 Å². The van der Waals surface area contributed by atoms with Gasteiger partial charge in [0.1, 0.15) is 0 Å². The summed E-state index contributed by atoms with van der Waals surface area (Å²) in [6.07, 6.45) is 0.530. The highest BCUT2D eigenvalue weighted by Crippen LogP contribution is 2.17. The van der Waals surface area contributed by atoms with Crippen LogP contribution in [0.4, 0.5) is 0 Å². The third kappa shape index (κ3) is 2.63. The second kappa shape index (κ2) is 4.02. The molecule has 0 spiro atoms. The van der Waals surface area contributed by atoms with Crippen molar-refractivity contribution in [2.75, 3.05) is 0 Å². The first-order valence-corrected chi connectivity index (χ1v) is 4.93. The van der Waals surface area contributed by atoms with Crippen LogP contribution in [0.3, 0.4) is 0 Å². The number of benzene rings is 1. The molecule has 0 aliphatic heterocycles. The summed E-state index contributed by atoms with van der Waals surface area (Å²) in [6.45, 7) is 6.19. The summed E-state index contributed by atoms with van der Waals surface area (Å²) in [5, 5.41) is 0. The minimum absolute atomic E-state index is 0.148. The van der Waals surface area contributed by atoms with E-state index in [0.29, 0.717) is 6.42 Å². The van der Waals surface area contributed by atoms with Crippen molar-refractivity contribution >= 4 is 14.8 Å². The maximum atomic E-state index is 11.0. The molecule has 70 valence electrons. The van der Waals surface area contributed by atoms with Gasteiger partial charge in [-0.2, -0.15) is 0 Å². The van der Waals surface area contributed by atoms with Crippen LogP contribution >= 0.6 is 9.24 Å². The monoisotopic (exact) mass is 194 g/mol. The normalized spacial score (nSPS) is 10.2. The molecule has 1 aromatic rings. The lowest BCUT2D eigenvalue weighted by Crippen LogP contribution is -1.99. The molecule has 1 unspecified atom stereocenters. The molecule has 1 aromatic carbocycles. The maximum absolute atomic E-state index is 11.0. The number of hydrogen-bond acceptors (Lipinski definition) is 1. The second-order valence-electron chi connectivity index (χ2n) is 3.52. The summed E-state index contributed by atoms with van der Waals surface area (Å²) in [5.41, 5.74) is 5.01. The van der Waals surface area contributed by atoms with Crippen LogP contribution in [0, 0.1) is 20.8 Å². The molecule has 0 radical (unpaired) electrons. The topological polar surface area (TPSA) is 17.1 Å². The van der Waals surface area contributed by atoms with E-state index in [4.69, 9.17) is 0 Å². The molecule has 2 heteroatoms. The third-order valence-corrected chi connectivity index (χ3v) is 2.40. The molecule has 0 amide bonds. The number of aryl methyl sites for hydroxylation is 3. The zero-order valence-electron chi connectivity index (χ0n) is 8.35. The van der Waals surface area contributed by atoms with Crippen molar-refractivity contribution in [3.05, 3.63) is 34.4 Å². The van der Waals surface area contributed by atoms with E-state index in [-0.39, 0.29) is 5.52 Å². The fourth-order valence-corrected chi connectivity index (χ4v) is 1.87. The molecule has 0 bridgehead atoms. The Morgan fingerprint density at radius 3 is 2.08 bits per heavy atom. The Balaban J connectivity index is 3.13. The molecular weight excluding hydrogens is 179 g/mol. The number of carbonyl (C=O) groups excluding carboxylic acids is 1. The lowest BCUT2D eigenvalue weighted by atomic mass is 9.98. The van der Waals surface area contributed by atoms with Crippen LogP contribution in [-0.4, -0.2) is 5.52 Å². The highest BCUT2D eigenvalue weighted by Gasteiger charge is 2.05. The van der Waals surface area contributed by atoms with Crippen molar-refractivity contribution in [1.82, 2.24) is 0 Å². The van der Waals surface area contributed by atoms with Gasteiger partial charge in [0.05, 0.1) is 0 Å². The van der Waals surface area contributed by atoms with Crippen LogP contribution in [0.5, 0.6) is 0 Å². The van der Waals surface area contributed by atoms with Gasteiger partial charge in [0, 0.05) is 6.42 Å². The van der Waals surface area contributed by atoms with E-state index in [0.717, 1.165) is 0 Å². The largest absolute Gasteiger partial charge is 0.295 e. The number of hydrogen-bond donors (Lipinski definition) is 0. The highest BCUT2D eigenvalue weighted by atomic mass is 31.0. The Hall–Kier alpha value is -0.680. The van der Waals surface area contributed by atoms with Gasteiger partial charge in [0.25, 0.3) is 0 Å². The van der Waals surface area contributed by atoms with Crippen molar-refractivity contribution in [2.24, 2.45) is 0 Å². The number of rotatable bonds is 2. The van der Waals surface area contributed by atoms with E-state index in [1.54, 1.807) is 0 Å². The summed E-state index contributed by atoms with van der Waals surface area (Å²) in [6, 6.07) is 4.24. The van der Waals surface area contributed by atoms with Crippen molar-refractivity contribution in [3.63, 3.8) is 0 Å². The van der Waals surface area contributed by atoms with Crippen LogP contribution in [0.25, 0.3) is 0 Å². The standard InChI is InChI=1S/C11H15OP/c1-7-4-8(2)10(6-11(12)13)9(3)5-7/h4-5H,6,13H2,1-3H3. The smallest absolute Gasteiger partial charge is 0.152 e. The number of carbonyl (C=O) groups is 1. The maximum Gasteiger partial charge on any atom is 0.152 e. The molecule has 0 aliphatic rings. The fourth-order valence-electron chi connectivity index (χ4n) is 1.66. The summed E-state index contributed by atoms with van der Waals surface area (Å²) in [7, 11) is 2.22. The Bertz CT molecular complexity index is 319. The van der Waals surface area contributed by atoms with Gasteiger partial charge in [-0.25, -0.2) is 0 Å². The van der Waals surface area contributed by atoms with E-state index in [9.17, 15) is 4.79 Å². The highest BCUT2D eigenvalue weighted by molar-refractivity contribution is 7.40. The molecule has 13 heavy (non-hydrogen) atoms. The van der Waals surface area contributed by atoms with Gasteiger partial charge in [0.15, 0.2) is 5.52 Å². The van der Waals surface area contributed by atoms with Crippen molar-refractivity contribution < 1.29 is 4.79 Å². The Kier molecular flexibility index (Phi) is 3.22. The van der Waals surface area contributed by atoms with Crippen LogP contribution in [0.1, 0.15) is 22.3 Å². The molecule has 0 aromatic heterocycles. The van der Waals surface area contributed by atoms with Gasteiger partial charge in [0.2, 0.25) is 0 Å². The first-order chi connectivity index (χ1) is 6.00. The summed E-state index contributed by atoms with van der Waals surface area (Å²) >= 11 is 0. The van der Waals surface area contributed by atoms with E-state index in [1.165, 1.54) is 22.3 Å². The molecule has 0 N–H and O–H groups in total. The third-order valence-electron chi connectivity index (χ3n) is 2.19. The van der Waals surface area contributed by atoms with Crippen molar-refractivity contribution in [2.45, 2.75) is 27.2 Å². The zero-order valence-corrected chi connectivity index (χ0v) is 9.50. The molecule has 0 saturated heterocycles. The lowest BCUT2D eigenvalue weighted by molar-refractivity contribution is -0.110. The lowest BCUT2D eigenvalue weighted by Gasteiger charge is -2.09. The predicted octanol–water partition coefficient (Wildman–Crippen LogP) is 2.56. The average Bonchev–Trinajstić information content (AvgIpc) is 1.96. The van der Waals surface area contributed by atoms with E-state index in [1.807, 2.05) is 0 Å². The summed E-state index contributed by atoms with van der Waals surface area (Å²) in [4.78, 5) is 11.0. The Morgan fingerprint density at radius 2 is 1.69 bits per heavy atom. The van der Waals surface area contributed by atoms with Gasteiger partial charge >= 0.3 is 0 Å². The van der Waals surface area contributed by atoms with Crippen LogP contribution < -0.4 is 0 Å². The van der Waals surface area contributed by atoms with E-state index in [2.05, 4.69) is 42.1 Å². The molecule has 1 atom stereocenters. The SMILES string of the molecule is Cc1cc(C)c(CC(=O)P)c(C)c1. The molecular formula is C11H15OP. The minimum atomic E-state index is 0.148. The van der Waals surface area contributed by atoms with Crippen molar-refractivity contribution in [3.8, 4) is 0 Å². The Labute approximate surface area is 81.7 Å². The van der Waals surface area contributed by atoms with E-state index < -0.39 is 0 Å². The Morgan fingerprint density at radius 1 is 1.23 bits per heavy atom. The minimum Gasteiger partial charge on any atom is -0.295 e. The van der Waals surface area contributed by atoms with Gasteiger partial charge in [-0.3, -0.25) is 4.79 Å². The molecule has 0 fully saturated rings. The van der Waals surface area contributed by atoms with Gasteiger partial charge < -0.3 is 0 Å². The molecule has 0 aliphatic carbocycles. The zero-order chi connectivity index (χ0) is 10.0. The van der Waals surface area contributed by atoms with Crippen LogP contribution in [0.15, 0.2) is 12.1 Å². The van der Waals surface area contributed by atoms with Gasteiger partial charge in [-0.05, 0) is 37.5 Å². The summed E-state index contributed by atoms with van der Waals surface area (Å²) in [5.74, 6) is 0. The van der Waals surface area contributed by atoms with Crippen molar-refractivity contribution in [1.29, 1.82) is 0 Å². The van der Waals surface area contributed by atoms with E-state index >= 15 is 0 Å². The average molecular weight is 194 g/mol. The van der Waals surface area contributed by atoms with Gasteiger partial charge in [-0.1, -0.05) is 26.9 Å². The fraction of sp³-hybridized carbons (Fsp3) is 0.364. The molecule has 0 saturated carbocycles. The molecule has 1 rings (SSSR count). The van der Waals surface area contributed by atoms with Gasteiger partial charge in [-0.15, -0.1) is 0 Å². The molecule has 1 nitrogen and oxygen atoms in total.